The highest BCUT2D eigenvalue weighted by Crippen LogP contribution is 2.36. The third-order valence-corrected chi connectivity index (χ3v) is 4.77. The van der Waals surface area contributed by atoms with Crippen molar-refractivity contribution in [1.82, 2.24) is 0 Å². The second kappa shape index (κ2) is 4.71. The van der Waals surface area contributed by atoms with E-state index in [2.05, 4.69) is 61.5 Å². The van der Waals surface area contributed by atoms with E-state index in [1.807, 2.05) is 0 Å². The van der Waals surface area contributed by atoms with Gasteiger partial charge >= 0.3 is 0 Å². The standard InChI is InChI=1S/C20H19N/c1-13-5-2-3-7-16(13)20(21)18-12-11-15-10-9-14-6-4-8-17(18)19(14)15/h2-8,11-12,20H,9-10,21H2,1H3. The lowest BCUT2D eigenvalue weighted by molar-refractivity contribution is 0.870. The smallest absolute Gasteiger partial charge is 0.0560 e. The largest absolute Gasteiger partial charge is 0.320 e. The first-order valence-corrected chi connectivity index (χ1v) is 7.60. The molecule has 0 aliphatic heterocycles. The minimum absolute atomic E-state index is 0.0592. The number of hydrogen-bond acceptors (Lipinski definition) is 1. The molecular formula is C20H19N. The Bertz CT molecular complexity index is 822. The van der Waals surface area contributed by atoms with Crippen molar-refractivity contribution in [2.45, 2.75) is 25.8 Å². The fraction of sp³-hybridized carbons (Fsp3) is 0.200. The van der Waals surface area contributed by atoms with Crippen LogP contribution in [0.25, 0.3) is 10.8 Å². The zero-order valence-corrected chi connectivity index (χ0v) is 12.3. The molecular weight excluding hydrogens is 254 g/mol. The fourth-order valence-corrected chi connectivity index (χ4v) is 3.64. The summed E-state index contributed by atoms with van der Waals surface area (Å²) in [5.41, 5.74) is 13.3. The molecule has 1 heteroatoms. The Hall–Kier alpha value is -2.12. The zero-order chi connectivity index (χ0) is 14.4. The van der Waals surface area contributed by atoms with Gasteiger partial charge in [-0.05, 0) is 58.4 Å². The van der Waals surface area contributed by atoms with Gasteiger partial charge in [-0.15, -0.1) is 0 Å². The highest BCUT2D eigenvalue weighted by atomic mass is 14.6. The Morgan fingerprint density at radius 2 is 1.57 bits per heavy atom. The highest BCUT2D eigenvalue weighted by molar-refractivity contribution is 5.93. The van der Waals surface area contributed by atoms with Gasteiger partial charge in [0.25, 0.3) is 0 Å². The van der Waals surface area contributed by atoms with E-state index in [0.717, 1.165) is 12.8 Å². The maximum Gasteiger partial charge on any atom is 0.0560 e. The Morgan fingerprint density at radius 1 is 0.810 bits per heavy atom. The van der Waals surface area contributed by atoms with Crippen molar-refractivity contribution in [2.75, 3.05) is 0 Å². The van der Waals surface area contributed by atoms with Gasteiger partial charge in [0.05, 0.1) is 6.04 Å². The van der Waals surface area contributed by atoms with Gasteiger partial charge in [0.1, 0.15) is 0 Å². The van der Waals surface area contributed by atoms with Crippen LogP contribution in [-0.2, 0) is 12.8 Å². The predicted octanol–water partition coefficient (Wildman–Crippen LogP) is 4.29. The summed E-state index contributed by atoms with van der Waals surface area (Å²) < 4.78 is 0. The van der Waals surface area contributed by atoms with Gasteiger partial charge in [-0.2, -0.15) is 0 Å². The number of hydrogen-bond donors (Lipinski definition) is 1. The maximum absolute atomic E-state index is 6.60. The van der Waals surface area contributed by atoms with Gasteiger partial charge in [0.15, 0.2) is 0 Å². The van der Waals surface area contributed by atoms with Crippen LogP contribution < -0.4 is 5.73 Å². The first-order chi connectivity index (χ1) is 10.3. The minimum atomic E-state index is -0.0592. The number of nitrogens with two attached hydrogens (primary N) is 1. The second-order valence-corrected chi connectivity index (χ2v) is 5.99. The average molecular weight is 273 g/mol. The second-order valence-electron chi connectivity index (χ2n) is 5.99. The van der Waals surface area contributed by atoms with Crippen LogP contribution in [0.15, 0.2) is 54.6 Å². The zero-order valence-electron chi connectivity index (χ0n) is 12.3. The van der Waals surface area contributed by atoms with E-state index in [0.29, 0.717) is 0 Å². The van der Waals surface area contributed by atoms with E-state index in [1.165, 1.54) is 38.6 Å². The van der Waals surface area contributed by atoms with E-state index < -0.39 is 0 Å². The molecule has 0 bridgehead atoms. The molecule has 104 valence electrons. The Kier molecular flexibility index (Phi) is 2.83. The molecule has 0 heterocycles. The van der Waals surface area contributed by atoms with E-state index in [1.54, 1.807) is 0 Å². The van der Waals surface area contributed by atoms with E-state index in [9.17, 15) is 0 Å². The van der Waals surface area contributed by atoms with Gasteiger partial charge in [0.2, 0.25) is 0 Å². The summed E-state index contributed by atoms with van der Waals surface area (Å²) in [4.78, 5) is 0. The van der Waals surface area contributed by atoms with Crippen LogP contribution in [0.1, 0.15) is 33.9 Å². The van der Waals surface area contributed by atoms with Crippen molar-refractivity contribution >= 4 is 10.8 Å². The van der Waals surface area contributed by atoms with Crippen molar-refractivity contribution in [3.63, 3.8) is 0 Å². The SMILES string of the molecule is Cc1ccccc1C(N)c1ccc2c3c(cccc13)CC2. The van der Waals surface area contributed by atoms with Crippen LogP contribution in [0.5, 0.6) is 0 Å². The lowest BCUT2D eigenvalue weighted by atomic mass is 9.90. The van der Waals surface area contributed by atoms with E-state index >= 15 is 0 Å². The Morgan fingerprint density at radius 3 is 2.38 bits per heavy atom. The third-order valence-electron chi connectivity index (χ3n) is 4.77. The molecule has 3 aromatic carbocycles. The molecule has 1 aliphatic rings. The molecule has 1 unspecified atom stereocenters. The summed E-state index contributed by atoms with van der Waals surface area (Å²) in [7, 11) is 0. The van der Waals surface area contributed by atoms with Crippen LogP contribution in [0.2, 0.25) is 0 Å². The highest BCUT2D eigenvalue weighted by Gasteiger charge is 2.19. The molecule has 0 spiro atoms. The topological polar surface area (TPSA) is 26.0 Å². The molecule has 21 heavy (non-hydrogen) atoms. The van der Waals surface area contributed by atoms with Crippen LogP contribution in [0, 0.1) is 6.92 Å². The molecule has 0 amide bonds. The molecule has 0 fully saturated rings. The normalized spacial score (nSPS) is 14.6. The van der Waals surface area contributed by atoms with Gasteiger partial charge in [-0.3, -0.25) is 0 Å². The molecule has 1 nitrogen and oxygen atoms in total. The minimum Gasteiger partial charge on any atom is -0.320 e. The van der Waals surface area contributed by atoms with Crippen LogP contribution >= 0.6 is 0 Å². The van der Waals surface area contributed by atoms with E-state index in [4.69, 9.17) is 5.73 Å². The predicted molar refractivity (Wildman–Crippen MR) is 88.6 cm³/mol. The van der Waals surface area contributed by atoms with Gasteiger partial charge < -0.3 is 5.73 Å². The first kappa shape index (κ1) is 12.6. The van der Waals surface area contributed by atoms with Gasteiger partial charge in [-0.1, -0.05) is 54.6 Å². The summed E-state index contributed by atoms with van der Waals surface area (Å²) in [6.07, 6.45) is 2.32. The number of rotatable bonds is 2. The van der Waals surface area contributed by atoms with Crippen molar-refractivity contribution in [2.24, 2.45) is 5.73 Å². The molecule has 0 saturated heterocycles. The number of aryl methyl sites for hydroxylation is 3. The van der Waals surface area contributed by atoms with Crippen LogP contribution in [0.4, 0.5) is 0 Å². The fourth-order valence-electron chi connectivity index (χ4n) is 3.64. The Labute approximate surface area is 125 Å². The summed E-state index contributed by atoms with van der Waals surface area (Å²) in [5, 5.41) is 2.78. The molecule has 0 saturated carbocycles. The molecule has 4 rings (SSSR count). The van der Waals surface area contributed by atoms with Crippen molar-refractivity contribution in [3.05, 3.63) is 82.4 Å². The summed E-state index contributed by atoms with van der Waals surface area (Å²) in [6, 6.07) is 19.5. The summed E-state index contributed by atoms with van der Waals surface area (Å²) in [5.74, 6) is 0. The third kappa shape index (κ3) is 1.89. The van der Waals surface area contributed by atoms with Gasteiger partial charge in [0, 0.05) is 0 Å². The lowest BCUT2D eigenvalue weighted by Gasteiger charge is -2.18. The quantitative estimate of drug-likeness (QED) is 0.740. The number of benzene rings is 3. The molecule has 0 aromatic heterocycles. The summed E-state index contributed by atoms with van der Waals surface area (Å²) >= 11 is 0. The molecule has 0 radical (unpaired) electrons. The maximum atomic E-state index is 6.60. The van der Waals surface area contributed by atoms with Crippen molar-refractivity contribution in [3.8, 4) is 0 Å². The summed E-state index contributed by atoms with van der Waals surface area (Å²) in [6.45, 7) is 2.13. The first-order valence-electron chi connectivity index (χ1n) is 7.60. The van der Waals surface area contributed by atoms with Crippen LogP contribution in [0.3, 0.4) is 0 Å². The van der Waals surface area contributed by atoms with Crippen LogP contribution in [-0.4, -0.2) is 0 Å². The van der Waals surface area contributed by atoms with E-state index in [-0.39, 0.29) is 6.04 Å². The molecule has 3 aromatic rings. The monoisotopic (exact) mass is 273 g/mol. The lowest BCUT2D eigenvalue weighted by Crippen LogP contribution is -2.13. The average Bonchev–Trinajstić information content (AvgIpc) is 2.93. The Balaban J connectivity index is 1.94. The molecule has 2 N–H and O–H groups in total. The van der Waals surface area contributed by atoms with Crippen molar-refractivity contribution in [1.29, 1.82) is 0 Å². The molecule has 1 atom stereocenters. The van der Waals surface area contributed by atoms with Gasteiger partial charge in [-0.25, -0.2) is 0 Å². The molecule has 1 aliphatic carbocycles. The van der Waals surface area contributed by atoms with Crippen molar-refractivity contribution < 1.29 is 0 Å².